The largest absolute Gasteiger partial charge is 0.321 e. The lowest BCUT2D eigenvalue weighted by molar-refractivity contribution is 0.102. The number of rotatable bonds is 6. The van der Waals surface area contributed by atoms with Crippen LogP contribution in [-0.4, -0.2) is 20.6 Å². The van der Waals surface area contributed by atoms with E-state index in [-0.39, 0.29) is 15.5 Å². The molecule has 8 heteroatoms. The number of benzene rings is 3. The van der Waals surface area contributed by atoms with E-state index in [0.717, 1.165) is 16.0 Å². The smallest absolute Gasteiger partial charge is 0.263 e. The van der Waals surface area contributed by atoms with Crippen LogP contribution in [0.4, 0.5) is 11.4 Å². The monoisotopic (exact) mass is 460 g/mol. The van der Waals surface area contributed by atoms with Gasteiger partial charge in [-0.2, -0.15) is 0 Å². The van der Waals surface area contributed by atoms with Crippen LogP contribution in [0, 0.1) is 13.8 Å². The summed E-state index contributed by atoms with van der Waals surface area (Å²) in [4.78, 5) is 13.5. The third kappa shape index (κ3) is 4.98. The molecule has 3 rings (SSSR count). The van der Waals surface area contributed by atoms with Gasteiger partial charge in [-0.15, -0.1) is 11.8 Å². The molecule has 0 unspecified atom stereocenters. The van der Waals surface area contributed by atoms with Crippen molar-refractivity contribution in [1.82, 2.24) is 0 Å². The van der Waals surface area contributed by atoms with Gasteiger partial charge in [0, 0.05) is 16.1 Å². The van der Waals surface area contributed by atoms with Crippen molar-refractivity contribution in [3.63, 3.8) is 0 Å². The van der Waals surface area contributed by atoms with E-state index >= 15 is 0 Å². The number of sulfonamides is 1. The molecule has 0 atom stereocenters. The topological polar surface area (TPSA) is 75.3 Å². The maximum Gasteiger partial charge on any atom is 0.263 e. The predicted molar refractivity (Wildman–Crippen MR) is 124 cm³/mol. The Labute approximate surface area is 185 Å². The molecule has 3 aromatic rings. The zero-order valence-electron chi connectivity index (χ0n) is 16.7. The molecule has 0 aliphatic heterocycles. The van der Waals surface area contributed by atoms with Crippen molar-refractivity contribution in [2.45, 2.75) is 23.6 Å². The Hall–Kier alpha value is -2.48. The van der Waals surface area contributed by atoms with E-state index in [1.54, 1.807) is 18.2 Å². The SMILES string of the molecule is CSc1ccccc1NC(=O)c1ccc(Cl)c(S(=O)(=O)Nc2ccc(C)c(C)c2)c1. The number of carbonyl (C=O) groups is 1. The molecule has 30 heavy (non-hydrogen) atoms. The molecule has 0 saturated heterocycles. The Balaban J connectivity index is 1.90. The predicted octanol–water partition coefficient (Wildman–Crippen LogP) is 5.73. The van der Waals surface area contributed by atoms with Gasteiger partial charge in [0.2, 0.25) is 0 Å². The van der Waals surface area contributed by atoms with Gasteiger partial charge >= 0.3 is 0 Å². The van der Waals surface area contributed by atoms with Crippen LogP contribution in [0.5, 0.6) is 0 Å². The number of halogens is 1. The van der Waals surface area contributed by atoms with Crippen LogP contribution in [0.2, 0.25) is 5.02 Å². The van der Waals surface area contributed by atoms with Crippen LogP contribution in [0.25, 0.3) is 0 Å². The Morgan fingerprint density at radius 3 is 2.40 bits per heavy atom. The van der Waals surface area contributed by atoms with Gasteiger partial charge in [0.05, 0.1) is 10.7 Å². The van der Waals surface area contributed by atoms with Gasteiger partial charge in [-0.3, -0.25) is 9.52 Å². The number of carbonyl (C=O) groups excluding carboxylic acids is 1. The van der Waals surface area contributed by atoms with Crippen LogP contribution < -0.4 is 10.0 Å². The lowest BCUT2D eigenvalue weighted by atomic mass is 10.1. The van der Waals surface area contributed by atoms with Gasteiger partial charge in [0.15, 0.2) is 0 Å². The Kier molecular flexibility index (Phi) is 6.75. The van der Waals surface area contributed by atoms with Crippen LogP contribution in [0.15, 0.2) is 70.5 Å². The van der Waals surface area contributed by atoms with Gasteiger partial charge in [-0.1, -0.05) is 29.8 Å². The third-order valence-corrected chi connectivity index (χ3v) is 7.26. The molecular formula is C22H21ClN2O3S2. The minimum absolute atomic E-state index is 0.0346. The molecule has 1 amide bonds. The number of thioether (sulfide) groups is 1. The van der Waals surface area contributed by atoms with E-state index in [4.69, 9.17) is 11.6 Å². The third-order valence-electron chi connectivity index (χ3n) is 4.60. The van der Waals surface area contributed by atoms with Crippen LogP contribution in [-0.2, 0) is 10.0 Å². The summed E-state index contributed by atoms with van der Waals surface area (Å²) >= 11 is 7.67. The van der Waals surface area contributed by atoms with Crippen molar-refractivity contribution in [2.24, 2.45) is 0 Å². The minimum atomic E-state index is -3.98. The summed E-state index contributed by atoms with van der Waals surface area (Å²) in [6.45, 7) is 3.85. The summed E-state index contributed by atoms with van der Waals surface area (Å²) in [5.41, 5.74) is 3.29. The lowest BCUT2D eigenvalue weighted by Gasteiger charge is -2.13. The number of anilines is 2. The lowest BCUT2D eigenvalue weighted by Crippen LogP contribution is -2.17. The Morgan fingerprint density at radius 2 is 1.70 bits per heavy atom. The van der Waals surface area contributed by atoms with E-state index in [0.29, 0.717) is 11.4 Å². The van der Waals surface area contributed by atoms with Crippen molar-refractivity contribution < 1.29 is 13.2 Å². The van der Waals surface area contributed by atoms with Crippen molar-refractivity contribution >= 4 is 50.7 Å². The molecule has 0 aliphatic carbocycles. The number of hydrogen-bond acceptors (Lipinski definition) is 4. The summed E-state index contributed by atoms with van der Waals surface area (Å²) in [7, 11) is -3.98. The molecule has 0 bridgehead atoms. The molecule has 0 fully saturated rings. The van der Waals surface area contributed by atoms with Crippen LogP contribution >= 0.6 is 23.4 Å². The maximum atomic E-state index is 12.9. The first kappa shape index (κ1) is 22.2. The first-order chi connectivity index (χ1) is 14.2. The zero-order chi connectivity index (χ0) is 21.9. The van der Waals surface area contributed by atoms with E-state index in [9.17, 15) is 13.2 Å². The summed E-state index contributed by atoms with van der Waals surface area (Å²) < 4.78 is 28.4. The molecule has 156 valence electrons. The summed E-state index contributed by atoms with van der Waals surface area (Å²) in [5, 5.41) is 2.86. The van der Waals surface area contributed by atoms with Crippen molar-refractivity contribution in [3.8, 4) is 0 Å². The second-order valence-corrected chi connectivity index (χ2v) is 9.61. The van der Waals surface area contributed by atoms with Gasteiger partial charge < -0.3 is 5.32 Å². The van der Waals surface area contributed by atoms with Gasteiger partial charge in [0.1, 0.15) is 4.90 Å². The molecule has 5 nitrogen and oxygen atoms in total. The number of hydrogen-bond donors (Lipinski definition) is 2. The molecule has 0 heterocycles. The fraction of sp³-hybridized carbons (Fsp3) is 0.136. The fourth-order valence-electron chi connectivity index (χ4n) is 2.81. The molecule has 2 N–H and O–H groups in total. The molecule has 0 saturated carbocycles. The number of amides is 1. The normalized spacial score (nSPS) is 11.2. The molecular weight excluding hydrogens is 440 g/mol. The van der Waals surface area contributed by atoms with Crippen LogP contribution in [0.1, 0.15) is 21.5 Å². The highest BCUT2D eigenvalue weighted by Gasteiger charge is 2.21. The van der Waals surface area contributed by atoms with Crippen LogP contribution in [0.3, 0.4) is 0 Å². The summed E-state index contributed by atoms with van der Waals surface area (Å²) in [6.07, 6.45) is 1.91. The van der Waals surface area contributed by atoms with Gasteiger partial charge in [0.25, 0.3) is 15.9 Å². The van der Waals surface area contributed by atoms with E-state index in [2.05, 4.69) is 10.0 Å². The Morgan fingerprint density at radius 1 is 0.967 bits per heavy atom. The van der Waals surface area contributed by atoms with Gasteiger partial charge in [-0.05, 0) is 73.7 Å². The first-order valence-electron chi connectivity index (χ1n) is 9.05. The van der Waals surface area contributed by atoms with E-state index < -0.39 is 15.9 Å². The van der Waals surface area contributed by atoms with Gasteiger partial charge in [-0.25, -0.2) is 8.42 Å². The Bertz CT molecular complexity index is 1210. The molecule has 3 aromatic carbocycles. The number of para-hydroxylation sites is 1. The zero-order valence-corrected chi connectivity index (χ0v) is 19.1. The first-order valence-corrected chi connectivity index (χ1v) is 12.1. The number of aryl methyl sites for hydroxylation is 2. The van der Waals surface area contributed by atoms with Crippen molar-refractivity contribution in [1.29, 1.82) is 0 Å². The summed E-state index contributed by atoms with van der Waals surface area (Å²) in [5.74, 6) is -0.421. The average Bonchev–Trinajstić information content (AvgIpc) is 2.71. The average molecular weight is 461 g/mol. The molecule has 0 aromatic heterocycles. The summed E-state index contributed by atoms with van der Waals surface area (Å²) in [6, 6.07) is 16.8. The standard InChI is InChI=1S/C22H21ClN2O3S2/c1-14-8-10-17(12-15(14)2)25-30(27,28)21-13-16(9-11-18(21)23)22(26)24-19-6-4-5-7-20(19)29-3/h4-13,25H,1-3H3,(H,24,26). The highest BCUT2D eigenvalue weighted by Crippen LogP contribution is 2.28. The number of nitrogens with one attached hydrogen (secondary N) is 2. The second-order valence-electron chi connectivity index (χ2n) is 6.70. The second kappa shape index (κ2) is 9.12. The van der Waals surface area contributed by atoms with E-state index in [1.165, 1.54) is 30.0 Å². The maximum absolute atomic E-state index is 12.9. The van der Waals surface area contributed by atoms with Crippen molar-refractivity contribution in [3.05, 3.63) is 82.4 Å². The molecule has 0 aliphatic rings. The quantitative estimate of drug-likeness (QED) is 0.460. The van der Waals surface area contributed by atoms with Crippen molar-refractivity contribution in [2.75, 3.05) is 16.3 Å². The highest BCUT2D eigenvalue weighted by molar-refractivity contribution is 7.98. The highest BCUT2D eigenvalue weighted by atomic mass is 35.5. The fourth-order valence-corrected chi connectivity index (χ4v) is 4.94. The van der Waals surface area contributed by atoms with E-state index in [1.807, 2.05) is 44.4 Å². The minimum Gasteiger partial charge on any atom is -0.321 e. The molecule has 0 radical (unpaired) electrons. The molecule has 0 spiro atoms.